The third-order valence-corrected chi connectivity index (χ3v) is 6.97. The zero-order valence-electron chi connectivity index (χ0n) is 19.1. The largest absolute Gasteiger partial charge is 0.384 e. The summed E-state index contributed by atoms with van der Waals surface area (Å²) in [5, 5.41) is 11.9. The highest BCUT2D eigenvalue weighted by atomic mass is 15.2. The van der Waals surface area contributed by atoms with Crippen molar-refractivity contribution in [1.29, 1.82) is 0 Å². The van der Waals surface area contributed by atoms with E-state index in [4.69, 9.17) is 9.97 Å². The molecule has 1 aliphatic heterocycles. The molecule has 1 aromatic carbocycles. The van der Waals surface area contributed by atoms with Gasteiger partial charge in [-0.1, -0.05) is 36.4 Å². The van der Waals surface area contributed by atoms with Crippen LogP contribution in [0.25, 0.3) is 10.9 Å². The third kappa shape index (κ3) is 4.51. The number of para-hydroxylation sites is 1. The lowest BCUT2D eigenvalue weighted by Gasteiger charge is -2.30. The molecular formula is C26H34N6. The van der Waals surface area contributed by atoms with Crippen molar-refractivity contribution in [3.63, 3.8) is 0 Å². The summed E-state index contributed by atoms with van der Waals surface area (Å²) in [6.45, 7) is 2.07. The fraction of sp³-hybridized carbons (Fsp3) is 0.462. The number of benzene rings is 1. The fourth-order valence-corrected chi connectivity index (χ4v) is 5.17. The molecule has 5 rings (SSSR count). The molecule has 2 aliphatic carbocycles. The van der Waals surface area contributed by atoms with Gasteiger partial charge in [0.2, 0.25) is 5.95 Å². The van der Waals surface area contributed by atoms with Gasteiger partial charge in [-0.15, -0.1) is 0 Å². The molecule has 1 aromatic heterocycles. The van der Waals surface area contributed by atoms with Crippen molar-refractivity contribution in [1.82, 2.24) is 20.6 Å². The first-order valence-electron chi connectivity index (χ1n) is 11.9. The maximum atomic E-state index is 4.81. The summed E-state index contributed by atoms with van der Waals surface area (Å²) in [5.74, 6) is 2.98. The van der Waals surface area contributed by atoms with Gasteiger partial charge in [0.25, 0.3) is 0 Å². The predicted octanol–water partition coefficient (Wildman–Crippen LogP) is 3.85. The molecule has 1 fully saturated rings. The first-order chi connectivity index (χ1) is 15.7. The zero-order valence-corrected chi connectivity index (χ0v) is 19.1. The number of hydrogen-bond donors (Lipinski definition) is 3. The van der Waals surface area contributed by atoms with E-state index >= 15 is 0 Å². The molecule has 0 saturated heterocycles. The van der Waals surface area contributed by atoms with Crippen LogP contribution in [0.15, 0.2) is 60.3 Å². The van der Waals surface area contributed by atoms with Gasteiger partial charge < -0.3 is 20.9 Å². The number of anilines is 2. The van der Waals surface area contributed by atoms with Crippen molar-refractivity contribution in [3.05, 3.63) is 60.3 Å². The SMILES string of the molecule is CN(C)c1nc(NC2CCC(CNCC3=CNC4C=CC=CC34)CC2)nc2ccccc12. The van der Waals surface area contributed by atoms with Crippen LogP contribution in [0, 0.1) is 11.8 Å². The minimum Gasteiger partial charge on any atom is -0.384 e. The Morgan fingerprint density at radius 2 is 1.84 bits per heavy atom. The van der Waals surface area contributed by atoms with Crippen LogP contribution in [0.2, 0.25) is 0 Å². The maximum Gasteiger partial charge on any atom is 0.225 e. The van der Waals surface area contributed by atoms with Crippen LogP contribution >= 0.6 is 0 Å². The Morgan fingerprint density at radius 3 is 2.69 bits per heavy atom. The Kier molecular flexibility index (Phi) is 6.12. The minimum atomic E-state index is 0.448. The van der Waals surface area contributed by atoms with Crippen LogP contribution in [-0.4, -0.2) is 49.2 Å². The first kappa shape index (κ1) is 21.0. The van der Waals surface area contributed by atoms with E-state index in [9.17, 15) is 0 Å². The van der Waals surface area contributed by atoms with Crippen molar-refractivity contribution < 1.29 is 0 Å². The summed E-state index contributed by atoms with van der Waals surface area (Å²) in [4.78, 5) is 11.6. The Balaban J connectivity index is 1.11. The number of aromatic nitrogens is 2. The Labute approximate surface area is 190 Å². The second-order valence-corrected chi connectivity index (χ2v) is 9.48. The Hall–Kier alpha value is -2.86. The summed E-state index contributed by atoms with van der Waals surface area (Å²) in [5.41, 5.74) is 2.46. The van der Waals surface area contributed by atoms with Gasteiger partial charge in [0.15, 0.2) is 0 Å². The van der Waals surface area contributed by atoms with Crippen LogP contribution in [-0.2, 0) is 0 Å². The molecule has 6 nitrogen and oxygen atoms in total. The van der Waals surface area contributed by atoms with Crippen LogP contribution in [0.3, 0.4) is 0 Å². The van der Waals surface area contributed by atoms with Crippen molar-refractivity contribution in [2.45, 2.75) is 37.8 Å². The van der Waals surface area contributed by atoms with E-state index < -0.39 is 0 Å². The van der Waals surface area contributed by atoms with Crippen LogP contribution in [0.4, 0.5) is 11.8 Å². The maximum absolute atomic E-state index is 4.81. The Morgan fingerprint density at radius 1 is 1.03 bits per heavy atom. The smallest absolute Gasteiger partial charge is 0.225 e. The summed E-state index contributed by atoms with van der Waals surface area (Å²) >= 11 is 0. The van der Waals surface area contributed by atoms with E-state index in [1.54, 1.807) is 0 Å². The van der Waals surface area contributed by atoms with Crippen molar-refractivity contribution >= 4 is 22.7 Å². The van der Waals surface area contributed by atoms with Gasteiger partial charge in [-0.25, -0.2) is 4.98 Å². The number of rotatable bonds is 7. The molecule has 3 N–H and O–H groups in total. The highest BCUT2D eigenvalue weighted by molar-refractivity contribution is 5.90. The van der Waals surface area contributed by atoms with Crippen LogP contribution < -0.4 is 20.9 Å². The summed E-state index contributed by atoms with van der Waals surface area (Å²) in [6, 6.07) is 9.13. The standard InChI is InChI=1S/C26H34N6/c1-32(2)25-22-8-4-6-10-24(22)30-26(31-25)29-20-13-11-18(12-14-20)15-27-16-19-17-28-23-9-5-3-7-21(19)23/h3-10,17-18,20-21,23,27-28H,11-16H2,1-2H3,(H,29,30,31). The van der Waals surface area contributed by atoms with Crippen LogP contribution in [0.1, 0.15) is 25.7 Å². The fourth-order valence-electron chi connectivity index (χ4n) is 5.17. The van der Waals surface area contributed by atoms with Crippen molar-refractivity contribution in [3.8, 4) is 0 Å². The minimum absolute atomic E-state index is 0.448. The normalized spacial score (nSPS) is 26.5. The molecule has 1 saturated carbocycles. The van der Waals surface area contributed by atoms with E-state index in [0.29, 0.717) is 18.0 Å². The lowest BCUT2D eigenvalue weighted by molar-refractivity contribution is 0.326. The number of hydrogen-bond acceptors (Lipinski definition) is 6. The second-order valence-electron chi connectivity index (χ2n) is 9.48. The highest BCUT2D eigenvalue weighted by Crippen LogP contribution is 2.29. The van der Waals surface area contributed by atoms with E-state index in [1.807, 2.05) is 26.2 Å². The first-order valence-corrected chi connectivity index (χ1v) is 11.9. The molecule has 0 amide bonds. The molecule has 32 heavy (non-hydrogen) atoms. The van der Waals surface area contributed by atoms with Gasteiger partial charge in [-0.05, 0) is 62.1 Å². The molecule has 2 unspecified atom stereocenters. The van der Waals surface area contributed by atoms with Gasteiger partial charge in [0, 0.05) is 38.0 Å². The van der Waals surface area contributed by atoms with Gasteiger partial charge >= 0.3 is 0 Å². The molecule has 0 radical (unpaired) electrons. The average Bonchev–Trinajstić information content (AvgIpc) is 3.23. The molecular weight excluding hydrogens is 396 g/mol. The Bertz CT molecular complexity index is 1030. The lowest BCUT2D eigenvalue weighted by atomic mass is 9.86. The van der Waals surface area contributed by atoms with E-state index in [1.165, 1.54) is 31.3 Å². The summed E-state index contributed by atoms with van der Waals surface area (Å²) < 4.78 is 0. The molecule has 2 aromatic rings. The van der Waals surface area contributed by atoms with Gasteiger partial charge in [0.1, 0.15) is 5.82 Å². The zero-order chi connectivity index (χ0) is 21.9. The number of fused-ring (bicyclic) bond motifs is 2. The molecule has 168 valence electrons. The quantitative estimate of drug-likeness (QED) is 0.620. The number of nitrogens with zero attached hydrogens (tertiary/aromatic N) is 3. The van der Waals surface area contributed by atoms with E-state index in [0.717, 1.165) is 41.7 Å². The van der Waals surface area contributed by atoms with Crippen LogP contribution in [0.5, 0.6) is 0 Å². The third-order valence-electron chi connectivity index (χ3n) is 6.97. The molecule has 0 spiro atoms. The molecule has 2 atom stereocenters. The topological polar surface area (TPSA) is 65.1 Å². The van der Waals surface area contributed by atoms with Gasteiger partial charge in [-0.3, -0.25) is 0 Å². The van der Waals surface area contributed by atoms with Crippen molar-refractivity contribution in [2.75, 3.05) is 37.4 Å². The second kappa shape index (κ2) is 9.33. The molecule has 3 aliphatic rings. The van der Waals surface area contributed by atoms with E-state index in [-0.39, 0.29) is 0 Å². The lowest BCUT2D eigenvalue weighted by Crippen LogP contribution is -2.33. The number of allylic oxidation sites excluding steroid dienone is 2. The molecule has 6 heteroatoms. The van der Waals surface area contributed by atoms with Gasteiger partial charge in [-0.2, -0.15) is 4.98 Å². The van der Waals surface area contributed by atoms with Crippen molar-refractivity contribution in [2.24, 2.45) is 11.8 Å². The molecule has 0 bridgehead atoms. The average molecular weight is 431 g/mol. The highest BCUT2D eigenvalue weighted by Gasteiger charge is 2.27. The van der Waals surface area contributed by atoms with Gasteiger partial charge in [0.05, 0.1) is 11.6 Å². The van der Waals surface area contributed by atoms with E-state index in [2.05, 4.69) is 63.5 Å². The summed E-state index contributed by atoms with van der Waals surface area (Å²) in [6.07, 6.45) is 15.9. The summed E-state index contributed by atoms with van der Waals surface area (Å²) in [7, 11) is 4.08. The monoisotopic (exact) mass is 430 g/mol. The molecule has 2 heterocycles. The predicted molar refractivity (Wildman–Crippen MR) is 133 cm³/mol. The number of nitrogens with one attached hydrogen (secondary N) is 3.